The normalized spacial score (nSPS) is 16.2. The van der Waals surface area contributed by atoms with Crippen molar-refractivity contribution >= 4 is 34.9 Å². The molecule has 0 unspecified atom stereocenters. The van der Waals surface area contributed by atoms with Crippen molar-refractivity contribution in [2.24, 2.45) is 0 Å². The van der Waals surface area contributed by atoms with Crippen LogP contribution in [-0.2, 0) is 0 Å². The molecule has 2 aliphatic heterocycles. The predicted octanol–water partition coefficient (Wildman–Crippen LogP) is 5.53. The topological polar surface area (TPSA) is 67.9 Å². The number of ketones is 1. The first-order valence-corrected chi connectivity index (χ1v) is 12.2. The average Bonchev–Trinajstić information content (AvgIpc) is 3.14. The van der Waals surface area contributed by atoms with Crippen LogP contribution in [0.1, 0.15) is 53.8 Å². The third-order valence-corrected chi connectivity index (χ3v) is 6.45. The molecule has 8 heteroatoms. The first-order chi connectivity index (χ1) is 16.3. The number of benzene rings is 2. The fraction of sp³-hybridized carbons (Fsp3) is 0.385. The molecule has 4 rings (SSSR count). The van der Waals surface area contributed by atoms with Crippen molar-refractivity contribution in [3.63, 3.8) is 0 Å². The van der Waals surface area contributed by atoms with Crippen LogP contribution < -0.4 is 14.8 Å². The summed E-state index contributed by atoms with van der Waals surface area (Å²) in [6.07, 6.45) is 2.60. The van der Waals surface area contributed by atoms with Gasteiger partial charge in [-0.1, -0.05) is 29.3 Å². The Labute approximate surface area is 209 Å². The molecule has 1 saturated heterocycles. The highest BCUT2D eigenvalue weighted by Gasteiger charge is 2.31. The standard InChI is InChI=1S/C26H28Cl2N2O4/c1-16(2)25-24(31)23-21(5-3-6-22(23)34-25)33-12-4-9-30-10-7-20(8-11-30)29-26(32)17-13-18(27)15-19(28)14-17/h3,5-6,13-15,20H,4,7-12H2,1-2H3,(H,29,32). The van der Waals surface area contributed by atoms with Crippen molar-refractivity contribution in [3.05, 3.63) is 68.9 Å². The molecule has 0 bridgehead atoms. The van der Waals surface area contributed by atoms with Crippen molar-refractivity contribution in [1.82, 2.24) is 10.2 Å². The number of Topliss-reactive ketones (excluding diaryl/α,β-unsaturated/α-hetero) is 1. The maximum atomic E-state index is 12.7. The molecule has 2 heterocycles. The third kappa shape index (κ3) is 5.74. The lowest BCUT2D eigenvalue weighted by Crippen LogP contribution is -2.45. The van der Waals surface area contributed by atoms with Crippen molar-refractivity contribution in [2.45, 2.75) is 39.2 Å². The highest BCUT2D eigenvalue weighted by atomic mass is 35.5. The van der Waals surface area contributed by atoms with Gasteiger partial charge in [-0.3, -0.25) is 9.59 Å². The minimum absolute atomic E-state index is 0.116. The summed E-state index contributed by atoms with van der Waals surface area (Å²) in [6, 6.07) is 10.4. The maximum Gasteiger partial charge on any atom is 0.251 e. The Morgan fingerprint density at radius 1 is 1.15 bits per heavy atom. The molecule has 1 fully saturated rings. The smallest absolute Gasteiger partial charge is 0.251 e. The predicted molar refractivity (Wildman–Crippen MR) is 133 cm³/mol. The largest absolute Gasteiger partial charge is 0.493 e. The minimum atomic E-state index is -0.151. The SMILES string of the molecule is CC(C)=C1Oc2cccc(OCCCN3CCC(NC(=O)c4cc(Cl)cc(Cl)c4)CC3)c2C1=O. The number of likely N-dealkylation sites (tertiary alicyclic amines) is 1. The van der Waals surface area contributed by atoms with Crippen LogP contribution in [0.15, 0.2) is 47.7 Å². The van der Waals surface area contributed by atoms with Gasteiger partial charge < -0.3 is 19.7 Å². The summed E-state index contributed by atoms with van der Waals surface area (Å²) < 4.78 is 11.7. The molecule has 1 N–H and O–H groups in total. The van der Waals surface area contributed by atoms with E-state index in [0.717, 1.165) is 44.5 Å². The van der Waals surface area contributed by atoms with Gasteiger partial charge in [0.1, 0.15) is 17.1 Å². The Balaban J connectivity index is 1.21. The molecule has 180 valence electrons. The van der Waals surface area contributed by atoms with Gasteiger partial charge >= 0.3 is 0 Å². The number of ether oxygens (including phenoxy) is 2. The zero-order valence-corrected chi connectivity index (χ0v) is 20.8. The number of piperidine rings is 1. The Morgan fingerprint density at radius 3 is 2.53 bits per heavy atom. The summed E-state index contributed by atoms with van der Waals surface area (Å²) in [5, 5.41) is 3.98. The van der Waals surface area contributed by atoms with E-state index in [1.165, 1.54) is 0 Å². The Morgan fingerprint density at radius 2 is 1.85 bits per heavy atom. The molecule has 2 aromatic rings. The minimum Gasteiger partial charge on any atom is -0.493 e. The summed E-state index contributed by atoms with van der Waals surface area (Å²) in [6.45, 7) is 6.93. The quantitative estimate of drug-likeness (QED) is 0.398. The number of amides is 1. The van der Waals surface area contributed by atoms with Crippen LogP contribution >= 0.6 is 23.2 Å². The van der Waals surface area contributed by atoms with Gasteiger partial charge in [0.15, 0.2) is 5.76 Å². The molecule has 0 spiro atoms. The number of carbonyl (C=O) groups excluding carboxylic acids is 2. The number of carbonyl (C=O) groups is 2. The van der Waals surface area contributed by atoms with Crippen LogP contribution in [0.2, 0.25) is 10.0 Å². The molecule has 6 nitrogen and oxygen atoms in total. The molecule has 2 aliphatic rings. The number of nitrogens with one attached hydrogen (secondary N) is 1. The number of halogens is 2. The molecule has 0 aliphatic carbocycles. The molecule has 0 saturated carbocycles. The van der Waals surface area contributed by atoms with Crippen LogP contribution in [0.5, 0.6) is 11.5 Å². The fourth-order valence-electron chi connectivity index (χ4n) is 4.26. The van der Waals surface area contributed by atoms with Crippen molar-refractivity contribution in [1.29, 1.82) is 0 Å². The highest BCUT2D eigenvalue weighted by Crippen LogP contribution is 2.38. The van der Waals surface area contributed by atoms with Crippen LogP contribution in [0.25, 0.3) is 0 Å². The Bertz CT molecular complexity index is 1100. The molecule has 0 atom stereocenters. The molecular formula is C26H28Cl2N2O4. The Kier molecular flexibility index (Phi) is 7.81. The average molecular weight is 503 g/mol. The Hall–Kier alpha value is -2.54. The highest BCUT2D eigenvalue weighted by molar-refractivity contribution is 6.35. The van der Waals surface area contributed by atoms with Gasteiger partial charge in [-0.2, -0.15) is 0 Å². The van der Waals surface area contributed by atoms with E-state index in [2.05, 4.69) is 10.2 Å². The van der Waals surface area contributed by atoms with Gasteiger partial charge in [-0.25, -0.2) is 0 Å². The summed E-state index contributed by atoms with van der Waals surface area (Å²) in [5.74, 6) is 1.25. The summed E-state index contributed by atoms with van der Waals surface area (Å²) >= 11 is 12.0. The second-order valence-corrected chi connectivity index (χ2v) is 9.71. The number of allylic oxidation sites excluding steroid dienone is 2. The zero-order chi connectivity index (χ0) is 24.2. The third-order valence-electron chi connectivity index (χ3n) is 6.01. The van der Waals surface area contributed by atoms with E-state index in [1.807, 2.05) is 26.0 Å². The lowest BCUT2D eigenvalue weighted by Gasteiger charge is -2.32. The van der Waals surface area contributed by atoms with Gasteiger partial charge in [0.2, 0.25) is 5.78 Å². The van der Waals surface area contributed by atoms with Crippen LogP contribution in [-0.4, -0.2) is 48.9 Å². The number of hydrogen-bond donors (Lipinski definition) is 1. The fourth-order valence-corrected chi connectivity index (χ4v) is 4.79. The van der Waals surface area contributed by atoms with E-state index in [0.29, 0.717) is 45.0 Å². The summed E-state index contributed by atoms with van der Waals surface area (Å²) in [4.78, 5) is 27.5. The van der Waals surface area contributed by atoms with E-state index in [-0.39, 0.29) is 17.7 Å². The second kappa shape index (κ2) is 10.8. The van der Waals surface area contributed by atoms with Gasteiger partial charge in [0.05, 0.1) is 6.61 Å². The maximum absolute atomic E-state index is 12.7. The molecular weight excluding hydrogens is 475 g/mol. The number of rotatable bonds is 7. The van der Waals surface area contributed by atoms with Crippen LogP contribution in [0, 0.1) is 0 Å². The van der Waals surface area contributed by atoms with E-state index in [4.69, 9.17) is 32.7 Å². The molecule has 34 heavy (non-hydrogen) atoms. The van der Waals surface area contributed by atoms with Crippen molar-refractivity contribution < 1.29 is 19.1 Å². The number of fused-ring (bicyclic) bond motifs is 1. The summed E-state index contributed by atoms with van der Waals surface area (Å²) in [7, 11) is 0. The van der Waals surface area contributed by atoms with E-state index in [9.17, 15) is 9.59 Å². The molecule has 0 aromatic heterocycles. The zero-order valence-electron chi connectivity index (χ0n) is 19.3. The van der Waals surface area contributed by atoms with Crippen molar-refractivity contribution in [3.8, 4) is 11.5 Å². The van der Waals surface area contributed by atoms with E-state index >= 15 is 0 Å². The second-order valence-electron chi connectivity index (χ2n) is 8.84. The lowest BCUT2D eigenvalue weighted by atomic mass is 10.0. The van der Waals surface area contributed by atoms with Gasteiger partial charge in [-0.05, 0) is 69.0 Å². The van der Waals surface area contributed by atoms with Crippen LogP contribution in [0.3, 0.4) is 0 Å². The van der Waals surface area contributed by atoms with Gasteiger partial charge in [0, 0.05) is 41.3 Å². The molecule has 2 aromatic carbocycles. The lowest BCUT2D eigenvalue weighted by molar-refractivity contribution is 0.0909. The monoisotopic (exact) mass is 502 g/mol. The summed E-state index contributed by atoms with van der Waals surface area (Å²) in [5.41, 5.74) is 1.84. The first kappa shape index (κ1) is 24.6. The van der Waals surface area contributed by atoms with Gasteiger partial charge in [0.25, 0.3) is 5.91 Å². The molecule has 1 amide bonds. The molecule has 0 radical (unpaired) electrons. The van der Waals surface area contributed by atoms with E-state index in [1.54, 1.807) is 24.3 Å². The number of nitrogens with zero attached hydrogens (tertiary/aromatic N) is 1. The van der Waals surface area contributed by atoms with Gasteiger partial charge in [-0.15, -0.1) is 0 Å². The number of hydrogen-bond acceptors (Lipinski definition) is 5. The van der Waals surface area contributed by atoms with Crippen molar-refractivity contribution in [2.75, 3.05) is 26.2 Å². The van der Waals surface area contributed by atoms with E-state index < -0.39 is 0 Å². The first-order valence-electron chi connectivity index (χ1n) is 11.5. The van der Waals surface area contributed by atoms with Crippen LogP contribution in [0.4, 0.5) is 0 Å².